The Labute approximate surface area is 198 Å². The first-order chi connectivity index (χ1) is 14.2. The summed E-state index contributed by atoms with van der Waals surface area (Å²) in [7, 11) is 0. The number of guanidine groups is 1. The second-order valence-corrected chi connectivity index (χ2v) is 8.32. The van der Waals surface area contributed by atoms with Crippen molar-refractivity contribution in [2.24, 2.45) is 10.4 Å². The molecule has 30 heavy (non-hydrogen) atoms. The van der Waals surface area contributed by atoms with E-state index < -0.39 is 0 Å². The van der Waals surface area contributed by atoms with Gasteiger partial charge in [-0.1, -0.05) is 12.1 Å². The molecule has 7 heteroatoms. The van der Waals surface area contributed by atoms with E-state index in [1.165, 1.54) is 31.2 Å². The summed E-state index contributed by atoms with van der Waals surface area (Å²) in [6, 6.07) is 8.49. The molecule has 0 bridgehead atoms. The summed E-state index contributed by atoms with van der Waals surface area (Å²) in [5.74, 6) is 1.81. The summed E-state index contributed by atoms with van der Waals surface area (Å²) in [5.41, 5.74) is 1.26. The Morgan fingerprint density at radius 2 is 2.00 bits per heavy atom. The molecule has 170 valence electrons. The average molecular weight is 531 g/mol. The predicted octanol–water partition coefficient (Wildman–Crippen LogP) is 3.51. The highest BCUT2D eigenvalue weighted by atomic mass is 127. The number of benzene rings is 1. The van der Waals surface area contributed by atoms with Gasteiger partial charge < -0.3 is 25.2 Å². The van der Waals surface area contributed by atoms with E-state index in [0.717, 1.165) is 50.7 Å². The molecule has 1 atom stereocenters. The first kappa shape index (κ1) is 25.2. The first-order valence-corrected chi connectivity index (χ1v) is 11.2. The Morgan fingerprint density at radius 3 is 2.63 bits per heavy atom. The number of rotatable bonds is 10. The molecule has 1 saturated carbocycles. The van der Waals surface area contributed by atoms with Crippen LogP contribution >= 0.6 is 24.0 Å². The van der Waals surface area contributed by atoms with Crippen LogP contribution in [0.1, 0.15) is 51.0 Å². The molecule has 1 aromatic rings. The number of aliphatic hydroxyl groups excluding tert-OH is 1. The third-order valence-electron chi connectivity index (χ3n) is 5.98. The normalized spacial score (nSPS) is 22.0. The summed E-state index contributed by atoms with van der Waals surface area (Å²) >= 11 is 0. The van der Waals surface area contributed by atoms with E-state index in [-0.39, 0.29) is 36.0 Å². The van der Waals surface area contributed by atoms with Crippen molar-refractivity contribution in [2.75, 3.05) is 39.5 Å². The lowest BCUT2D eigenvalue weighted by molar-refractivity contribution is 0.131. The maximum Gasteiger partial charge on any atom is 0.191 e. The van der Waals surface area contributed by atoms with E-state index in [2.05, 4.69) is 41.8 Å². The van der Waals surface area contributed by atoms with E-state index in [1.807, 2.05) is 0 Å². The summed E-state index contributed by atoms with van der Waals surface area (Å²) < 4.78 is 11.6. The van der Waals surface area contributed by atoms with Crippen LogP contribution in [0, 0.1) is 5.41 Å². The van der Waals surface area contributed by atoms with Crippen molar-refractivity contribution >= 4 is 29.9 Å². The fourth-order valence-electron chi connectivity index (χ4n) is 4.13. The van der Waals surface area contributed by atoms with Gasteiger partial charge in [0.15, 0.2) is 5.96 Å². The second-order valence-electron chi connectivity index (χ2n) is 8.32. The number of ether oxygens (including phenoxy) is 2. The Hall–Kier alpha value is -1.06. The Kier molecular flexibility index (Phi) is 11.2. The van der Waals surface area contributed by atoms with Crippen LogP contribution in [-0.4, -0.2) is 56.6 Å². The highest BCUT2D eigenvalue weighted by Gasteiger charge is 2.34. The molecular formula is C23H38IN3O3. The molecular weight excluding hydrogens is 493 g/mol. The SMILES string of the molecule is CCNC(=NCC1(CCO)CCOC1)NCCc1ccc(OC2CCCC2)cc1.I. The first-order valence-electron chi connectivity index (χ1n) is 11.2. The van der Waals surface area contributed by atoms with Crippen molar-refractivity contribution in [3.63, 3.8) is 0 Å². The third kappa shape index (κ3) is 7.89. The summed E-state index contributed by atoms with van der Waals surface area (Å²) in [5, 5.41) is 16.1. The molecule has 2 fully saturated rings. The minimum atomic E-state index is -0.0216. The zero-order chi connectivity index (χ0) is 20.4. The number of hydrogen-bond donors (Lipinski definition) is 3. The van der Waals surface area contributed by atoms with Crippen molar-refractivity contribution < 1.29 is 14.6 Å². The zero-order valence-electron chi connectivity index (χ0n) is 18.2. The monoisotopic (exact) mass is 531 g/mol. The van der Waals surface area contributed by atoms with Crippen molar-refractivity contribution in [2.45, 2.75) is 58.0 Å². The fourth-order valence-corrected chi connectivity index (χ4v) is 4.13. The second kappa shape index (κ2) is 13.4. The van der Waals surface area contributed by atoms with Gasteiger partial charge in [0.25, 0.3) is 0 Å². The van der Waals surface area contributed by atoms with E-state index >= 15 is 0 Å². The van der Waals surface area contributed by atoms with E-state index in [1.54, 1.807) is 0 Å². The number of aliphatic hydroxyl groups is 1. The van der Waals surface area contributed by atoms with Gasteiger partial charge in [0.1, 0.15) is 5.75 Å². The Morgan fingerprint density at radius 1 is 1.23 bits per heavy atom. The number of halogens is 1. The standard InChI is InChI=1S/C23H37N3O3.HI/c1-2-24-22(26-17-23(12-15-27)13-16-28-18-23)25-14-11-19-7-9-21(10-8-19)29-20-5-3-4-6-20;/h7-10,20,27H,2-6,11-18H2,1H3,(H2,24,25,26);1H. The Bertz CT molecular complexity index is 627. The van der Waals surface area contributed by atoms with Gasteiger partial charge in [0, 0.05) is 31.7 Å². The minimum Gasteiger partial charge on any atom is -0.490 e. The van der Waals surface area contributed by atoms with Gasteiger partial charge in [-0.15, -0.1) is 24.0 Å². The molecule has 1 aliphatic carbocycles. The van der Waals surface area contributed by atoms with Crippen molar-refractivity contribution in [3.8, 4) is 5.75 Å². The van der Waals surface area contributed by atoms with Gasteiger partial charge in [-0.25, -0.2) is 0 Å². The fraction of sp³-hybridized carbons (Fsp3) is 0.696. The van der Waals surface area contributed by atoms with Crippen molar-refractivity contribution in [1.29, 1.82) is 0 Å². The van der Waals surface area contributed by atoms with Gasteiger partial charge >= 0.3 is 0 Å². The molecule has 3 N–H and O–H groups in total. The summed E-state index contributed by atoms with van der Waals surface area (Å²) in [6.07, 6.45) is 7.99. The molecule has 3 rings (SSSR count). The van der Waals surface area contributed by atoms with E-state index in [9.17, 15) is 5.11 Å². The molecule has 0 radical (unpaired) electrons. The van der Waals surface area contributed by atoms with Crippen LogP contribution in [-0.2, 0) is 11.2 Å². The molecule has 1 saturated heterocycles. The van der Waals surface area contributed by atoms with Crippen LogP contribution in [0.4, 0.5) is 0 Å². The molecule has 1 unspecified atom stereocenters. The molecule has 6 nitrogen and oxygen atoms in total. The van der Waals surface area contributed by atoms with Gasteiger partial charge in [0.2, 0.25) is 0 Å². The molecule has 2 aliphatic rings. The molecule has 1 aliphatic heterocycles. The van der Waals surface area contributed by atoms with Gasteiger partial charge in [-0.2, -0.15) is 0 Å². The number of hydrogen-bond acceptors (Lipinski definition) is 4. The largest absolute Gasteiger partial charge is 0.490 e. The smallest absolute Gasteiger partial charge is 0.191 e. The summed E-state index contributed by atoms with van der Waals surface area (Å²) in [6.45, 7) is 6.02. The lowest BCUT2D eigenvalue weighted by atomic mass is 9.84. The zero-order valence-corrected chi connectivity index (χ0v) is 20.5. The lowest BCUT2D eigenvalue weighted by Gasteiger charge is -2.24. The number of nitrogens with one attached hydrogen (secondary N) is 2. The predicted molar refractivity (Wildman–Crippen MR) is 132 cm³/mol. The van der Waals surface area contributed by atoms with Crippen LogP contribution < -0.4 is 15.4 Å². The number of nitrogens with zero attached hydrogens (tertiary/aromatic N) is 1. The van der Waals surface area contributed by atoms with Gasteiger partial charge in [-0.05, 0) is 69.6 Å². The Balaban J connectivity index is 0.00000320. The van der Waals surface area contributed by atoms with Crippen LogP contribution in [0.5, 0.6) is 5.75 Å². The molecule has 0 spiro atoms. The third-order valence-corrected chi connectivity index (χ3v) is 5.98. The molecule has 1 aromatic carbocycles. The highest BCUT2D eigenvalue weighted by Crippen LogP contribution is 2.32. The lowest BCUT2D eigenvalue weighted by Crippen LogP contribution is -2.39. The van der Waals surface area contributed by atoms with Crippen LogP contribution in [0.15, 0.2) is 29.3 Å². The average Bonchev–Trinajstić information content (AvgIpc) is 3.40. The maximum atomic E-state index is 9.38. The van der Waals surface area contributed by atoms with Crippen LogP contribution in [0.3, 0.4) is 0 Å². The molecule has 0 amide bonds. The van der Waals surface area contributed by atoms with E-state index in [0.29, 0.717) is 19.3 Å². The van der Waals surface area contributed by atoms with Crippen molar-refractivity contribution in [1.82, 2.24) is 10.6 Å². The number of aliphatic imine (C=N–C) groups is 1. The minimum absolute atomic E-state index is 0. The van der Waals surface area contributed by atoms with Gasteiger partial charge in [-0.3, -0.25) is 4.99 Å². The maximum absolute atomic E-state index is 9.38. The van der Waals surface area contributed by atoms with Crippen LogP contribution in [0.2, 0.25) is 0 Å². The molecule has 0 aromatic heterocycles. The molecule has 1 heterocycles. The quantitative estimate of drug-likeness (QED) is 0.245. The topological polar surface area (TPSA) is 75.1 Å². The van der Waals surface area contributed by atoms with E-state index in [4.69, 9.17) is 14.5 Å². The highest BCUT2D eigenvalue weighted by molar-refractivity contribution is 14.0. The summed E-state index contributed by atoms with van der Waals surface area (Å²) in [4.78, 5) is 4.77. The van der Waals surface area contributed by atoms with Crippen LogP contribution in [0.25, 0.3) is 0 Å². The van der Waals surface area contributed by atoms with Crippen molar-refractivity contribution in [3.05, 3.63) is 29.8 Å². The van der Waals surface area contributed by atoms with Gasteiger partial charge in [0.05, 0.1) is 19.3 Å².